The van der Waals surface area contributed by atoms with Gasteiger partial charge in [-0.2, -0.15) is 10.4 Å². The third-order valence-electron chi connectivity index (χ3n) is 3.13. The van der Waals surface area contributed by atoms with Crippen molar-refractivity contribution in [2.75, 3.05) is 5.32 Å². The zero-order valence-corrected chi connectivity index (χ0v) is 12.7. The van der Waals surface area contributed by atoms with Crippen LogP contribution in [0, 0.1) is 11.3 Å². The van der Waals surface area contributed by atoms with E-state index in [1.54, 1.807) is 12.3 Å². The van der Waals surface area contributed by atoms with Crippen LogP contribution in [0.2, 0.25) is 5.02 Å². The largest absolute Gasteiger partial charge is 0.338 e. The minimum absolute atomic E-state index is 0.325. The molecule has 3 rings (SSSR count). The number of halogens is 1. The van der Waals surface area contributed by atoms with Crippen molar-refractivity contribution in [2.45, 2.75) is 0 Å². The fourth-order valence-corrected chi connectivity index (χ4v) is 2.18. The van der Waals surface area contributed by atoms with E-state index >= 15 is 0 Å². The summed E-state index contributed by atoms with van der Waals surface area (Å²) in [4.78, 5) is 4.27. The number of hydrogen-bond donors (Lipinski definition) is 2. The van der Waals surface area contributed by atoms with Crippen LogP contribution in [0.1, 0.15) is 11.1 Å². The van der Waals surface area contributed by atoms with Crippen molar-refractivity contribution in [3.05, 3.63) is 70.7 Å². The summed E-state index contributed by atoms with van der Waals surface area (Å²) in [5.41, 5.74) is 1.95. The second kappa shape index (κ2) is 6.77. The number of para-hydroxylation sites is 1. The Morgan fingerprint density at radius 3 is 2.61 bits per heavy atom. The molecule has 0 aliphatic heterocycles. The number of benzene rings is 2. The number of aliphatic imine (C=N–C) groups is 1. The molecule has 23 heavy (non-hydrogen) atoms. The van der Waals surface area contributed by atoms with E-state index in [0.717, 1.165) is 5.56 Å². The van der Waals surface area contributed by atoms with Crippen LogP contribution in [-0.4, -0.2) is 16.4 Å². The zero-order chi connectivity index (χ0) is 16.1. The first-order valence-corrected chi connectivity index (χ1v) is 7.25. The molecule has 6 heteroatoms. The highest BCUT2D eigenvalue weighted by Gasteiger charge is 2.13. The Balaban J connectivity index is 1.87. The first-order valence-electron chi connectivity index (χ1n) is 6.87. The minimum Gasteiger partial charge on any atom is -0.338 e. The Kier molecular flexibility index (Phi) is 4.37. The molecule has 0 fully saturated rings. The predicted octanol–water partition coefficient (Wildman–Crippen LogP) is 4.43. The topological polar surface area (TPSA) is 76.9 Å². The van der Waals surface area contributed by atoms with E-state index in [1.807, 2.05) is 48.5 Å². The van der Waals surface area contributed by atoms with E-state index < -0.39 is 0 Å². The summed E-state index contributed by atoms with van der Waals surface area (Å²) in [5, 5.41) is 19.9. The van der Waals surface area contributed by atoms with E-state index in [2.05, 4.69) is 26.6 Å². The quantitative estimate of drug-likeness (QED) is 0.698. The van der Waals surface area contributed by atoms with E-state index in [0.29, 0.717) is 27.9 Å². The summed E-state index contributed by atoms with van der Waals surface area (Å²) in [6.07, 6.45) is 1.66. The molecule has 0 atom stereocenters. The van der Waals surface area contributed by atoms with Gasteiger partial charge in [-0.1, -0.05) is 54.1 Å². The lowest BCUT2D eigenvalue weighted by Gasteiger charge is -2.05. The van der Waals surface area contributed by atoms with Crippen molar-refractivity contribution in [3.8, 4) is 6.07 Å². The third kappa shape index (κ3) is 3.39. The normalized spacial score (nSPS) is 10.6. The highest BCUT2D eigenvalue weighted by molar-refractivity contribution is 6.33. The molecule has 0 amide bonds. The fraction of sp³-hybridized carbons (Fsp3) is 0. The van der Waals surface area contributed by atoms with Gasteiger partial charge in [-0.25, -0.2) is 4.99 Å². The van der Waals surface area contributed by atoms with Gasteiger partial charge in [0.25, 0.3) is 0 Å². The molecule has 0 saturated carbocycles. The van der Waals surface area contributed by atoms with Gasteiger partial charge in [-0.15, -0.1) is 0 Å². The van der Waals surface area contributed by atoms with Crippen LogP contribution < -0.4 is 5.32 Å². The number of H-pyrrole nitrogens is 1. The average molecular weight is 322 g/mol. The molecule has 0 radical (unpaired) electrons. The Morgan fingerprint density at radius 2 is 1.87 bits per heavy atom. The maximum absolute atomic E-state index is 9.38. The lowest BCUT2D eigenvalue weighted by Crippen LogP contribution is -1.93. The van der Waals surface area contributed by atoms with E-state index in [-0.39, 0.29) is 0 Å². The van der Waals surface area contributed by atoms with Gasteiger partial charge in [0.15, 0.2) is 5.82 Å². The van der Waals surface area contributed by atoms with Gasteiger partial charge in [-0.3, -0.25) is 5.10 Å². The summed E-state index contributed by atoms with van der Waals surface area (Å²) < 4.78 is 0. The van der Waals surface area contributed by atoms with Crippen LogP contribution in [0.25, 0.3) is 0 Å². The molecule has 2 N–H and O–H groups in total. The molecule has 1 aromatic heterocycles. The molecule has 0 aliphatic carbocycles. The number of rotatable bonds is 4. The van der Waals surface area contributed by atoms with Gasteiger partial charge >= 0.3 is 0 Å². The number of anilines is 2. The van der Waals surface area contributed by atoms with Crippen molar-refractivity contribution in [1.29, 1.82) is 5.26 Å². The number of nitriles is 1. The Bertz CT molecular complexity index is 877. The van der Waals surface area contributed by atoms with Crippen LogP contribution in [0.5, 0.6) is 0 Å². The van der Waals surface area contributed by atoms with Gasteiger partial charge in [0, 0.05) is 6.21 Å². The van der Waals surface area contributed by atoms with Crippen LogP contribution in [-0.2, 0) is 0 Å². The number of aromatic nitrogens is 2. The molecular formula is C17H12ClN5. The molecular weight excluding hydrogens is 310 g/mol. The summed E-state index contributed by atoms with van der Waals surface area (Å²) in [7, 11) is 0. The predicted molar refractivity (Wildman–Crippen MR) is 91.7 cm³/mol. The Morgan fingerprint density at radius 1 is 1.13 bits per heavy atom. The van der Waals surface area contributed by atoms with Crippen molar-refractivity contribution in [1.82, 2.24) is 10.2 Å². The monoisotopic (exact) mass is 321 g/mol. The second-order valence-corrected chi connectivity index (χ2v) is 5.09. The maximum atomic E-state index is 9.38. The van der Waals surface area contributed by atoms with Crippen LogP contribution >= 0.6 is 11.6 Å². The second-order valence-electron chi connectivity index (χ2n) is 4.68. The zero-order valence-electron chi connectivity index (χ0n) is 12.0. The summed E-state index contributed by atoms with van der Waals surface area (Å²) in [6.45, 7) is 0. The number of hydrogen-bond acceptors (Lipinski definition) is 4. The van der Waals surface area contributed by atoms with Crippen LogP contribution in [0.15, 0.2) is 59.6 Å². The molecule has 0 unspecified atom stereocenters. The highest BCUT2D eigenvalue weighted by Crippen LogP contribution is 2.29. The fourth-order valence-electron chi connectivity index (χ4n) is 1.99. The van der Waals surface area contributed by atoms with Crippen molar-refractivity contribution < 1.29 is 0 Å². The molecule has 0 aliphatic rings. The van der Waals surface area contributed by atoms with Crippen LogP contribution in [0.3, 0.4) is 0 Å². The number of aromatic amines is 1. The van der Waals surface area contributed by atoms with E-state index in [4.69, 9.17) is 11.6 Å². The summed E-state index contributed by atoms with van der Waals surface area (Å²) in [5.74, 6) is 0.784. The first-order chi connectivity index (χ1) is 11.3. The van der Waals surface area contributed by atoms with Crippen LogP contribution in [0.4, 0.5) is 17.3 Å². The van der Waals surface area contributed by atoms with E-state index in [1.165, 1.54) is 0 Å². The number of nitrogens with zero attached hydrogens (tertiary/aromatic N) is 3. The molecule has 2 aromatic carbocycles. The van der Waals surface area contributed by atoms with Crippen molar-refractivity contribution in [2.24, 2.45) is 4.99 Å². The smallest absolute Gasteiger partial charge is 0.193 e. The lowest BCUT2D eigenvalue weighted by molar-refractivity contribution is 1.09. The Labute approximate surface area is 138 Å². The molecule has 0 spiro atoms. The van der Waals surface area contributed by atoms with E-state index in [9.17, 15) is 5.26 Å². The third-order valence-corrected chi connectivity index (χ3v) is 3.46. The van der Waals surface area contributed by atoms with Gasteiger partial charge in [0.2, 0.25) is 0 Å². The SMILES string of the molecule is N#Cc1c(N=Cc2ccccc2)n[nH]c1Nc1ccccc1Cl. The Hall–Kier alpha value is -3.10. The van der Waals surface area contributed by atoms with Gasteiger partial charge in [0.05, 0.1) is 10.7 Å². The maximum Gasteiger partial charge on any atom is 0.193 e. The molecule has 0 bridgehead atoms. The lowest BCUT2D eigenvalue weighted by atomic mass is 10.2. The highest BCUT2D eigenvalue weighted by atomic mass is 35.5. The summed E-state index contributed by atoms with van der Waals surface area (Å²) >= 11 is 6.11. The molecule has 3 aromatic rings. The standard InChI is InChI=1S/C17H12ClN5/c18-14-8-4-5-9-15(14)21-17-13(10-19)16(22-23-17)20-11-12-6-2-1-3-7-12/h1-9,11H,(H2,21,22,23). The van der Waals surface area contributed by atoms with Gasteiger partial charge in [0.1, 0.15) is 17.5 Å². The molecule has 112 valence electrons. The average Bonchev–Trinajstić information content (AvgIpc) is 2.97. The molecule has 1 heterocycles. The molecule has 0 saturated heterocycles. The summed E-state index contributed by atoms with van der Waals surface area (Å²) in [6, 6.07) is 19.0. The van der Waals surface area contributed by atoms with Gasteiger partial charge in [-0.05, 0) is 17.7 Å². The van der Waals surface area contributed by atoms with Crippen molar-refractivity contribution in [3.63, 3.8) is 0 Å². The minimum atomic E-state index is 0.325. The number of nitrogens with one attached hydrogen (secondary N) is 2. The molecule has 5 nitrogen and oxygen atoms in total. The van der Waals surface area contributed by atoms with Gasteiger partial charge < -0.3 is 5.32 Å². The van der Waals surface area contributed by atoms with Crippen molar-refractivity contribution >= 4 is 35.1 Å². The first kappa shape index (κ1) is 14.8.